The van der Waals surface area contributed by atoms with Gasteiger partial charge in [0.15, 0.2) is 0 Å². The van der Waals surface area contributed by atoms with Gasteiger partial charge in [0.25, 0.3) is 0 Å². The van der Waals surface area contributed by atoms with Crippen molar-refractivity contribution in [1.82, 2.24) is 0 Å². The molecule has 1 amide bonds. The minimum absolute atomic E-state index is 0.118. The molecule has 0 unspecified atom stereocenters. The standard InChI is InChI=1S/C16H23NO4/c1-6-20-13-10-11(14(18)21-7-2)8-9-12(13)17-15(19)16(3,4)5/h8-10H,6-7H2,1-5H3,(H,17,19). The molecular weight excluding hydrogens is 270 g/mol. The molecule has 0 radical (unpaired) electrons. The highest BCUT2D eigenvalue weighted by molar-refractivity contribution is 5.97. The molecule has 0 bridgehead atoms. The monoisotopic (exact) mass is 293 g/mol. The van der Waals surface area contributed by atoms with Crippen molar-refractivity contribution in [1.29, 1.82) is 0 Å². The van der Waals surface area contributed by atoms with Gasteiger partial charge in [0.05, 0.1) is 24.5 Å². The fourth-order valence-electron chi connectivity index (χ4n) is 1.55. The minimum Gasteiger partial charge on any atom is -0.492 e. The summed E-state index contributed by atoms with van der Waals surface area (Å²) in [4.78, 5) is 23.8. The predicted molar refractivity (Wildman–Crippen MR) is 81.7 cm³/mol. The zero-order valence-corrected chi connectivity index (χ0v) is 13.3. The first-order valence-electron chi connectivity index (χ1n) is 7.05. The summed E-state index contributed by atoms with van der Waals surface area (Å²) in [6, 6.07) is 4.85. The lowest BCUT2D eigenvalue weighted by atomic mass is 9.95. The maximum absolute atomic E-state index is 12.1. The molecule has 0 atom stereocenters. The zero-order chi connectivity index (χ0) is 16.0. The van der Waals surface area contributed by atoms with Gasteiger partial charge in [0.2, 0.25) is 5.91 Å². The number of carbonyl (C=O) groups is 2. The van der Waals surface area contributed by atoms with Crippen LogP contribution >= 0.6 is 0 Å². The molecule has 1 N–H and O–H groups in total. The van der Waals surface area contributed by atoms with Gasteiger partial charge in [-0.25, -0.2) is 4.79 Å². The average Bonchev–Trinajstić information content (AvgIpc) is 2.40. The second-order valence-electron chi connectivity index (χ2n) is 5.57. The number of anilines is 1. The Bertz CT molecular complexity index is 517. The average molecular weight is 293 g/mol. The number of carbonyl (C=O) groups excluding carboxylic acids is 2. The minimum atomic E-state index is -0.511. The normalized spacial score (nSPS) is 10.9. The van der Waals surface area contributed by atoms with E-state index < -0.39 is 11.4 Å². The Morgan fingerprint density at radius 3 is 2.33 bits per heavy atom. The van der Waals surface area contributed by atoms with Crippen molar-refractivity contribution in [2.45, 2.75) is 34.6 Å². The molecule has 0 spiro atoms. The lowest BCUT2D eigenvalue weighted by Gasteiger charge is -2.19. The summed E-state index contributed by atoms with van der Waals surface area (Å²) in [5.74, 6) is -0.0693. The largest absolute Gasteiger partial charge is 0.492 e. The molecule has 0 aliphatic rings. The third kappa shape index (κ3) is 4.77. The van der Waals surface area contributed by atoms with Crippen LogP contribution in [-0.2, 0) is 9.53 Å². The summed E-state index contributed by atoms with van der Waals surface area (Å²) in [6.45, 7) is 9.82. The number of hydrogen-bond donors (Lipinski definition) is 1. The van der Waals surface area contributed by atoms with E-state index in [0.717, 1.165) is 0 Å². The van der Waals surface area contributed by atoms with E-state index in [-0.39, 0.29) is 5.91 Å². The summed E-state index contributed by atoms with van der Waals surface area (Å²) < 4.78 is 10.5. The molecule has 116 valence electrons. The molecular formula is C16H23NO4. The van der Waals surface area contributed by atoms with Crippen molar-refractivity contribution in [2.75, 3.05) is 18.5 Å². The van der Waals surface area contributed by atoms with Gasteiger partial charge in [-0.2, -0.15) is 0 Å². The fourth-order valence-corrected chi connectivity index (χ4v) is 1.55. The van der Waals surface area contributed by atoms with Gasteiger partial charge in [-0.15, -0.1) is 0 Å². The van der Waals surface area contributed by atoms with Crippen LogP contribution in [0.25, 0.3) is 0 Å². The van der Waals surface area contributed by atoms with Crippen LogP contribution in [0.4, 0.5) is 5.69 Å². The first-order chi connectivity index (χ1) is 9.79. The number of amides is 1. The van der Waals surface area contributed by atoms with Gasteiger partial charge in [-0.05, 0) is 32.0 Å². The van der Waals surface area contributed by atoms with E-state index in [1.54, 1.807) is 25.1 Å². The number of hydrogen-bond acceptors (Lipinski definition) is 4. The summed E-state index contributed by atoms with van der Waals surface area (Å²) >= 11 is 0. The van der Waals surface area contributed by atoms with E-state index in [2.05, 4.69) is 5.32 Å². The second kappa shape index (κ2) is 7.11. The molecule has 0 aliphatic carbocycles. The van der Waals surface area contributed by atoms with Crippen LogP contribution < -0.4 is 10.1 Å². The Morgan fingerprint density at radius 2 is 1.81 bits per heavy atom. The van der Waals surface area contributed by atoms with Crippen molar-refractivity contribution in [2.24, 2.45) is 5.41 Å². The molecule has 0 aliphatic heterocycles. The van der Waals surface area contributed by atoms with Crippen molar-refractivity contribution < 1.29 is 19.1 Å². The van der Waals surface area contributed by atoms with Crippen LogP contribution in [0.1, 0.15) is 45.0 Å². The van der Waals surface area contributed by atoms with Crippen LogP contribution in [0, 0.1) is 5.41 Å². The SMILES string of the molecule is CCOC(=O)c1ccc(NC(=O)C(C)(C)C)c(OCC)c1. The molecule has 0 fully saturated rings. The third-order valence-electron chi connectivity index (χ3n) is 2.72. The maximum atomic E-state index is 12.1. The second-order valence-corrected chi connectivity index (χ2v) is 5.57. The highest BCUT2D eigenvalue weighted by Gasteiger charge is 2.22. The smallest absolute Gasteiger partial charge is 0.338 e. The molecule has 0 saturated heterocycles. The number of rotatable bonds is 5. The molecule has 21 heavy (non-hydrogen) atoms. The van der Waals surface area contributed by atoms with E-state index in [4.69, 9.17) is 9.47 Å². The number of nitrogens with one attached hydrogen (secondary N) is 1. The van der Waals surface area contributed by atoms with Crippen molar-refractivity contribution in [3.05, 3.63) is 23.8 Å². The quantitative estimate of drug-likeness (QED) is 0.846. The Kier molecular flexibility index (Phi) is 5.76. The lowest BCUT2D eigenvalue weighted by molar-refractivity contribution is -0.123. The van der Waals surface area contributed by atoms with Gasteiger partial charge >= 0.3 is 5.97 Å². The summed E-state index contributed by atoms with van der Waals surface area (Å²) in [6.07, 6.45) is 0. The molecule has 0 aromatic heterocycles. The topological polar surface area (TPSA) is 64.6 Å². The zero-order valence-electron chi connectivity index (χ0n) is 13.3. The van der Waals surface area contributed by atoms with Crippen molar-refractivity contribution in [3.8, 4) is 5.75 Å². The van der Waals surface area contributed by atoms with E-state index in [0.29, 0.717) is 30.2 Å². The van der Waals surface area contributed by atoms with Crippen LogP contribution in [0.2, 0.25) is 0 Å². The Balaban J connectivity index is 3.04. The molecule has 5 nitrogen and oxygen atoms in total. The highest BCUT2D eigenvalue weighted by Crippen LogP contribution is 2.28. The van der Waals surface area contributed by atoms with Gasteiger partial charge in [-0.1, -0.05) is 20.8 Å². The van der Waals surface area contributed by atoms with E-state index in [1.807, 2.05) is 27.7 Å². The van der Waals surface area contributed by atoms with Crippen molar-refractivity contribution >= 4 is 17.6 Å². The van der Waals surface area contributed by atoms with E-state index >= 15 is 0 Å². The van der Waals surface area contributed by atoms with Crippen molar-refractivity contribution in [3.63, 3.8) is 0 Å². The van der Waals surface area contributed by atoms with E-state index in [1.165, 1.54) is 0 Å². The Morgan fingerprint density at radius 1 is 1.14 bits per heavy atom. The van der Waals surface area contributed by atoms with Gasteiger partial charge in [-0.3, -0.25) is 4.79 Å². The third-order valence-corrected chi connectivity index (χ3v) is 2.72. The first kappa shape index (κ1) is 17.0. The Hall–Kier alpha value is -2.04. The molecule has 5 heteroatoms. The Labute approximate surface area is 125 Å². The van der Waals surface area contributed by atoms with Crippen LogP contribution in [0.15, 0.2) is 18.2 Å². The predicted octanol–water partition coefficient (Wildman–Crippen LogP) is 3.25. The summed E-state index contributed by atoms with van der Waals surface area (Å²) in [5, 5.41) is 2.82. The maximum Gasteiger partial charge on any atom is 0.338 e. The number of esters is 1. The highest BCUT2D eigenvalue weighted by atomic mass is 16.5. The van der Waals surface area contributed by atoms with Crippen LogP contribution in [0.3, 0.4) is 0 Å². The molecule has 0 saturated carbocycles. The first-order valence-corrected chi connectivity index (χ1v) is 7.05. The number of ether oxygens (including phenoxy) is 2. The summed E-state index contributed by atoms with van der Waals surface area (Å²) in [5.41, 5.74) is 0.433. The molecule has 1 rings (SSSR count). The summed E-state index contributed by atoms with van der Waals surface area (Å²) in [7, 11) is 0. The van der Waals surface area contributed by atoms with Crippen LogP contribution in [-0.4, -0.2) is 25.1 Å². The van der Waals surface area contributed by atoms with E-state index in [9.17, 15) is 9.59 Å². The van der Waals surface area contributed by atoms with Gasteiger partial charge in [0.1, 0.15) is 5.75 Å². The molecule has 1 aromatic carbocycles. The van der Waals surface area contributed by atoms with Gasteiger partial charge < -0.3 is 14.8 Å². The van der Waals surface area contributed by atoms with Crippen LogP contribution in [0.5, 0.6) is 5.75 Å². The van der Waals surface area contributed by atoms with Gasteiger partial charge in [0, 0.05) is 5.41 Å². The number of benzene rings is 1. The molecule has 1 aromatic rings. The lowest BCUT2D eigenvalue weighted by Crippen LogP contribution is -2.27. The fraction of sp³-hybridized carbons (Fsp3) is 0.500. The molecule has 0 heterocycles.